The number of aliphatic hydroxyl groups excluding tert-OH is 2. The number of H-pyrrole nitrogens is 1. The quantitative estimate of drug-likeness (QED) is 0.269. The van der Waals surface area contributed by atoms with E-state index in [9.17, 15) is 33.8 Å². The van der Waals surface area contributed by atoms with Crippen LogP contribution in [0.1, 0.15) is 11.8 Å². The van der Waals surface area contributed by atoms with Crippen molar-refractivity contribution >= 4 is 15.6 Å². The first-order chi connectivity index (χ1) is 11.8. The van der Waals surface area contributed by atoms with Crippen molar-refractivity contribution in [3.8, 4) is 0 Å². The molecule has 0 radical (unpaired) electrons. The summed E-state index contributed by atoms with van der Waals surface area (Å²) >= 11 is 0. The molecule has 2 heterocycles. The zero-order valence-corrected chi connectivity index (χ0v) is 14.8. The van der Waals surface area contributed by atoms with Gasteiger partial charge in [-0.15, -0.1) is 0 Å². The molecule has 26 heavy (non-hydrogen) atoms. The molecule has 1 aliphatic rings. The van der Waals surface area contributed by atoms with Crippen LogP contribution in [0.4, 0.5) is 0 Å². The third-order valence-electron chi connectivity index (χ3n) is 3.37. The van der Waals surface area contributed by atoms with Crippen LogP contribution in [0.5, 0.6) is 0 Å². The Morgan fingerprint density at radius 1 is 1.23 bits per heavy atom. The normalized spacial score (nSPS) is 28.8. The van der Waals surface area contributed by atoms with Gasteiger partial charge in [-0.05, 0) is 6.92 Å². The van der Waals surface area contributed by atoms with Crippen LogP contribution in [0.3, 0.4) is 0 Å². The maximum Gasteiger partial charge on any atom is 0.481 e. The monoisotopic (exact) mass is 418 g/mol. The lowest BCUT2D eigenvalue weighted by atomic mass is 10.1. The number of nitrogens with zero attached hydrogens (tertiary/aromatic N) is 1. The average molecular weight is 418 g/mol. The molecule has 0 spiro atoms. The summed E-state index contributed by atoms with van der Waals surface area (Å²) in [5.41, 5.74) is -1.48. The zero-order valence-electron chi connectivity index (χ0n) is 13.0. The van der Waals surface area contributed by atoms with Crippen LogP contribution in [0, 0.1) is 6.92 Å². The predicted molar refractivity (Wildman–Crippen MR) is 80.9 cm³/mol. The second-order valence-corrected chi connectivity index (χ2v) is 8.19. The lowest BCUT2D eigenvalue weighted by Gasteiger charge is -2.18. The first-order valence-corrected chi connectivity index (χ1v) is 9.91. The molecule has 2 rings (SSSR count). The van der Waals surface area contributed by atoms with Crippen molar-refractivity contribution in [1.82, 2.24) is 9.55 Å². The number of hydrogen-bond donors (Lipinski definition) is 6. The Morgan fingerprint density at radius 3 is 2.42 bits per heavy atom. The Morgan fingerprint density at radius 2 is 1.85 bits per heavy atom. The van der Waals surface area contributed by atoms with Gasteiger partial charge >= 0.3 is 21.3 Å². The molecule has 5 unspecified atom stereocenters. The number of aromatic amines is 1. The lowest BCUT2D eigenvalue weighted by Crippen LogP contribution is -2.38. The SMILES string of the molecule is Cc1cn(C2OC(COP(=O)(O)OP(=O)(O)O)C(O)C2O)c(=O)[nH]c1=O. The van der Waals surface area contributed by atoms with Crippen molar-refractivity contribution < 1.29 is 47.6 Å². The standard InChI is InChI=1S/C10H16N2O12P2/c1-4-2-12(10(16)11-8(4)15)9-7(14)6(13)5(23-9)3-22-26(20,21)24-25(17,18)19/h2,5-7,9,13-14H,3H2,1H3,(H,20,21)(H,11,15,16)(H2,17,18,19). The molecule has 1 aromatic rings. The number of aliphatic hydroxyl groups is 2. The Hall–Kier alpha value is -1.18. The molecule has 1 aromatic heterocycles. The summed E-state index contributed by atoms with van der Waals surface area (Å²) in [5.74, 6) is 0. The fourth-order valence-electron chi connectivity index (χ4n) is 2.20. The van der Waals surface area contributed by atoms with Gasteiger partial charge in [0, 0.05) is 11.8 Å². The number of ether oxygens (including phenoxy) is 1. The maximum absolute atomic E-state index is 11.8. The summed E-state index contributed by atoms with van der Waals surface area (Å²) in [4.78, 5) is 51.3. The minimum absolute atomic E-state index is 0.115. The first kappa shape index (κ1) is 21.1. The van der Waals surface area contributed by atoms with Crippen molar-refractivity contribution in [1.29, 1.82) is 0 Å². The summed E-state index contributed by atoms with van der Waals surface area (Å²) in [6.45, 7) is 0.480. The maximum atomic E-state index is 11.8. The average Bonchev–Trinajstić information content (AvgIpc) is 2.75. The van der Waals surface area contributed by atoms with Gasteiger partial charge in [0.1, 0.15) is 18.3 Å². The van der Waals surface area contributed by atoms with E-state index in [1.54, 1.807) is 0 Å². The second-order valence-electron chi connectivity index (χ2n) is 5.36. The molecule has 0 aliphatic carbocycles. The fourth-order valence-corrected chi connectivity index (χ4v) is 3.80. The Balaban J connectivity index is 2.14. The zero-order chi connectivity index (χ0) is 19.9. The molecule has 0 aromatic carbocycles. The van der Waals surface area contributed by atoms with Gasteiger partial charge in [0.15, 0.2) is 6.23 Å². The smallest absolute Gasteiger partial charge is 0.387 e. The Kier molecular flexibility index (Phi) is 6.05. The van der Waals surface area contributed by atoms with Crippen molar-refractivity contribution in [3.05, 3.63) is 32.6 Å². The van der Waals surface area contributed by atoms with Crippen LogP contribution in [0.25, 0.3) is 0 Å². The van der Waals surface area contributed by atoms with Crippen LogP contribution < -0.4 is 11.2 Å². The molecule has 14 nitrogen and oxygen atoms in total. The van der Waals surface area contributed by atoms with E-state index in [-0.39, 0.29) is 5.56 Å². The van der Waals surface area contributed by atoms with Gasteiger partial charge in [0.25, 0.3) is 5.56 Å². The highest BCUT2D eigenvalue weighted by Gasteiger charge is 2.45. The molecule has 0 amide bonds. The van der Waals surface area contributed by atoms with Gasteiger partial charge in [0.05, 0.1) is 6.61 Å². The molecule has 0 saturated carbocycles. The van der Waals surface area contributed by atoms with Crippen molar-refractivity contribution in [3.63, 3.8) is 0 Å². The highest BCUT2D eigenvalue weighted by Crippen LogP contribution is 2.57. The van der Waals surface area contributed by atoms with E-state index < -0.39 is 58.0 Å². The molecule has 1 fully saturated rings. The number of phosphoric ester groups is 1. The Bertz CT molecular complexity index is 873. The first-order valence-electron chi connectivity index (χ1n) is 6.88. The van der Waals surface area contributed by atoms with Crippen LogP contribution in [0.15, 0.2) is 15.8 Å². The summed E-state index contributed by atoms with van der Waals surface area (Å²) in [6.07, 6.45) is -5.18. The van der Waals surface area contributed by atoms with Crippen LogP contribution in [0.2, 0.25) is 0 Å². The van der Waals surface area contributed by atoms with E-state index >= 15 is 0 Å². The second kappa shape index (κ2) is 7.44. The summed E-state index contributed by atoms with van der Waals surface area (Å²) in [6, 6.07) is 0. The number of aromatic nitrogens is 2. The van der Waals surface area contributed by atoms with Gasteiger partial charge in [-0.25, -0.2) is 13.9 Å². The topological polar surface area (TPSA) is 218 Å². The van der Waals surface area contributed by atoms with Crippen LogP contribution in [-0.4, -0.2) is 59.4 Å². The van der Waals surface area contributed by atoms with E-state index in [0.29, 0.717) is 0 Å². The highest BCUT2D eigenvalue weighted by atomic mass is 31.3. The van der Waals surface area contributed by atoms with Crippen molar-refractivity contribution in [2.45, 2.75) is 31.5 Å². The molecule has 1 aliphatic heterocycles. The van der Waals surface area contributed by atoms with E-state index in [1.807, 2.05) is 4.98 Å². The minimum Gasteiger partial charge on any atom is -0.387 e. The van der Waals surface area contributed by atoms with Gasteiger partial charge in [-0.1, -0.05) is 0 Å². The lowest BCUT2D eigenvalue weighted by molar-refractivity contribution is -0.0543. The summed E-state index contributed by atoms with van der Waals surface area (Å²) in [5, 5.41) is 19.9. The predicted octanol–water partition coefficient (Wildman–Crippen LogP) is -2.31. The molecular weight excluding hydrogens is 402 g/mol. The number of phosphoric acid groups is 2. The van der Waals surface area contributed by atoms with E-state index in [1.165, 1.54) is 6.92 Å². The molecular formula is C10H16N2O12P2. The number of hydrogen-bond acceptors (Lipinski definition) is 9. The van der Waals surface area contributed by atoms with Gasteiger partial charge in [-0.2, -0.15) is 4.31 Å². The fraction of sp³-hybridized carbons (Fsp3) is 0.600. The van der Waals surface area contributed by atoms with Crippen LogP contribution >= 0.6 is 15.6 Å². The molecule has 6 N–H and O–H groups in total. The number of nitrogens with one attached hydrogen (secondary N) is 1. The summed E-state index contributed by atoms with van der Waals surface area (Å²) < 4.78 is 35.8. The molecule has 148 valence electrons. The molecule has 5 atom stereocenters. The third kappa shape index (κ3) is 4.96. The van der Waals surface area contributed by atoms with E-state index in [4.69, 9.17) is 14.5 Å². The van der Waals surface area contributed by atoms with Crippen molar-refractivity contribution in [2.24, 2.45) is 0 Å². The van der Waals surface area contributed by atoms with Gasteiger partial charge < -0.3 is 29.6 Å². The highest BCUT2D eigenvalue weighted by molar-refractivity contribution is 7.60. The Labute approximate surface area is 144 Å². The van der Waals surface area contributed by atoms with Gasteiger partial charge in [-0.3, -0.25) is 18.9 Å². The molecule has 0 bridgehead atoms. The van der Waals surface area contributed by atoms with Crippen molar-refractivity contribution in [2.75, 3.05) is 6.61 Å². The number of rotatable bonds is 6. The van der Waals surface area contributed by atoms with Gasteiger partial charge in [0.2, 0.25) is 0 Å². The largest absolute Gasteiger partial charge is 0.481 e. The van der Waals surface area contributed by atoms with E-state index in [0.717, 1.165) is 10.8 Å². The van der Waals surface area contributed by atoms with E-state index in [2.05, 4.69) is 8.83 Å². The number of aryl methyl sites for hydroxylation is 1. The summed E-state index contributed by atoms with van der Waals surface area (Å²) in [7, 11) is -10.5. The minimum atomic E-state index is -5.32. The molecule has 16 heteroatoms. The molecule has 1 saturated heterocycles. The van der Waals surface area contributed by atoms with Crippen LogP contribution in [-0.2, 0) is 22.7 Å². The third-order valence-corrected chi connectivity index (χ3v) is 5.52.